The predicted molar refractivity (Wildman–Crippen MR) is 58.4 cm³/mol. The van der Waals surface area contributed by atoms with Crippen molar-refractivity contribution in [2.24, 2.45) is 10.7 Å². The molecule has 0 unspecified atom stereocenters. The molecule has 0 heterocycles. The van der Waals surface area contributed by atoms with Crippen molar-refractivity contribution in [2.45, 2.75) is 44.8 Å². The normalized spacial score (nSPS) is 28.9. The van der Waals surface area contributed by atoms with Crippen molar-refractivity contribution in [2.75, 3.05) is 13.7 Å². The van der Waals surface area contributed by atoms with Crippen molar-refractivity contribution >= 4 is 5.96 Å². The molecule has 1 fully saturated rings. The molecule has 0 atom stereocenters. The monoisotopic (exact) mass is 199 g/mol. The van der Waals surface area contributed by atoms with E-state index in [1.54, 1.807) is 7.05 Å². The largest absolute Gasteiger partial charge is 0.379 e. The summed E-state index contributed by atoms with van der Waals surface area (Å²) >= 11 is 0. The van der Waals surface area contributed by atoms with E-state index in [2.05, 4.69) is 10.3 Å². The minimum Gasteiger partial charge on any atom is -0.379 e. The second-order valence-corrected chi connectivity index (χ2v) is 3.68. The fraction of sp³-hybridized carbons (Fsp3) is 0.900. The van der Waals surface area contributed by atoms with Crippen molar-refractivity contribution in [3.05, 3.63) is 0 Å². The van der Waals surface area contributed by atoms with Crippen LogP contribution in [0.15, 0.2) is 4.99 Å². The smallest absolute Gasteiger partial charge is 0.188 e. The Morgan fingerprint density at radius 2 is 2.07 bits per heavy atom. The third-order valence-corrected chi connectivity index (χ3v) is 2.67. The summed E-state index contributed by atoms with van der Waals surface area (Å²) in [4.78, 5) is 3.89. The average Bonchev–Trinajstić information content (AvgIpc) is 2.21. The molecule has 4 nitrogen and oxygen atoms in total. The Bertz CT molecular complexity index is 186. The molecule has 1 aliphatic rings. The van der Waals surface area contributed by atoms with Gasteiger partial charge >= 0.3 is 0 Å². The Kier molecular flexibility index (Phi) is 4.73. The van der Waals surface area contributed by atoms with E-state index in [0.29, 0.717) is 18.1 Å². The number of rotatable bonds is 3. The van der Waals surface area contributed by atoms with Crippen molar-refractivity contribution in [1.29, 1.82) is 0 Å². The van der Waals surface area contributed by atoms with Gasteiger partial charge in [-0.15, -0.1) is 0 Å². The number of hydrogen-bond acceptors (Lipinski definition) is 2. The molecule has 0 saturated heterocycles. The van der Waals surface area contributed by atoms with Gasteiger partial charge in [0.1, 0.15) is 0 Å². The van der Waals surface area contributed by atoms with Gasteiger partial charge in [0.25, 0.3) is 0 Å². The summed E-state index contributed by atoms with van der Waals surface area (Å²) in [5.74, 6) is 0.546. The van der Waals surface area contributed by atoms with E-state index in [1.165, 1.54) is 0 Å². The number of hydrogen-bond donors (Lipinski definition) is 2. The van der Waals surface area contributed by atoms with Crippen LogP contribution in [0.1, 0.15) is 32.6 Å². The van der Waals surface area contributed by atoms with Gasteiger partial charge in [0.2, 0.25) is 0 Å². The Morgan fingerprint density at radius 3 is 2.57 bits per heavy atom. The van der Waals surface area contributed by atoms with Crippen LogP contribution in [0.2, 0.25) is 0 Å². The molecular weight excluding hydrogens is 178 g/mol. The van der Waals surface area contributed by atoms with Crippen LogP contribution >= 0.6 is 0 Å². The van der Waals surface area contributed by atoms with Gasteiger partial charge in [-0.1, -0.05) is 0 Å². The fourth-order valence-electron chi connectivity index (χ4n) is 1.88. The van der Waals surface area contributed by atoms with E-state index >= 15 is 0 Å². The van der Waals surface area contributed by atoms with E-state index in [0.717, 1.165) is 32.3 Å². The Morgan fingerprint density at radius 1 is 1.43 bits per heavy atom. The van der Waals surface area contributed by atoms with Crippen LogP contribution in [-0.2, 0) is 4.74 Å². The highest BCUT2D eigenvalue weighted by Crippen LogP contribution is 2.20. The molecule has 0 aromatic carbocycles. The molecule has 1 saturated carbocycles. The maximum absolute atomic E-state index is 5.60. The zero-order chi connectivity index (χ0) is 10.4. The van der Waals surface area contributed by atoms with Gasteiger partial charge in [-0.2, -0.15) is 0 Å². The fourth-order valence-corrected chi connectivity index (χ4v) is 1.88. The third kappa shape index (κ3) is 3.54. The molecule has 0 radical (unpaired) electrons. The first-order chi connectivity index (χ1) is 6.76. The first kappa shape index (κ1) is 11.3. The number of ether oxygens (including phenoxy) is 1. The van der Waals surface area contributed by atoms with Gasteiger partial charge in [0, 0.05) is 19.7 Å². The Balaban J connectivity index is 2.22. The van der Waals surface area contributed by atoms with Gasteiger partial charge in [-0.05, 0) is 32.6 Å². The molecular formula is C10H21N3O. The second kappa shape index (κ2) is 5.86. The van der Waals surface area contributed by atoms with Crippen LogP contribution in [0, 0.1) is 0 Å². The number of nitrogens with one attached hydrogen (secondary N) is 1. The van der Waals surface area contributed by atoms with E-state index < -0.39 is 0 Å². The van der Waals surface area contributed by atoms with Gasteiger partial charge < -0.3 is 15.8 Å². The van der Waals surface area contributed by atoms with Crippen molar-refractivity contribution in [1.82, 2.24) is 5.32 Å². The summed E-state index contributed by atoms with van der Waals surface area (Å²) in [7, 11) is 1.70. The molecule has 82 valence electrons. The lowest BCUT2D eigenvalue weighted by molar-refractivity contribution is 0.0318. The van der Waals surface area contributed by atoms with Crippen LogP contribution in [0.5, 0.6) is 0 Å². The van der Waals surface area contributed by atoms with Crippen molar-refractivity contribution in [3.8, 4) is 0 Å². The highest BCUT2D eigenvalue weighted by molar-refractivity contribution is 5.77. The van der Waals surface area contributed by atoms with Crippen LogP contribution in [0.3, 0.4) is 0 Å². The molecule has 1 aliphatic carbocycles. The standard InChI is InChI=1S/C10H21N3O/c1-3-14-9-6-4-8(5-7-9)13-10(11)12-2/h8-9H,3-7H2,1-2H3,(H3,11,12,13). The summed E-state index contributed by atoms with van der Waals surface area (Å²) in [5.41, 5.74) is 5.60. The molecule has 0 aromatic heterocycles. The molecule has 14 heavy (non-hydrogen) atoms. The minimum absolute atomic E-state index is 0.456. The van der Waals surface area contributed by atoms with Gasteiger partial charge in [-0.25, -0.2) is 0 Å². The summed E-state index contributed by atoms with van der Waals surface area (Å²) in [5, 5.41) is 3.20. The van der Waals surface area contributed by atoms with Gasteiger partial charge in [0.05, 0.1) is 6.10 Å². The lowest BCUT2D eigenvalue weighted by Gasteiger charge is -2.29. The first-order valence-electron chi connectivity index (χ1n) is 5.36. The summed E-state index contributed by atoms with van der Waals surface area (Å²) in [6.07, 6.45) is 4.96. The maximum Gasteiger partial charge on any atom is 0.188 e. The number of guanidine groups is 1. The van der Waals surface area contributed by atoms with E-state index in [-0.39, 0.29) is 0 Å². The van der Waals surface area contributed by atoms with E-state index in [9.17, 15) is 0 Å². The van der Waals surface area contributed by atoms with Crippen LogP contribution in [-0.4, -0.2) is 31.8 Å². The highest BCUT2D eigenvalue weighted by Gasteiger charge is 2.21. The Hall–Kier alpha value is -0.770. The summed E-state index contributed by atoms with van der Waals surface area (Å²) in [6.45, 7) is 2.87. The van der Waals surface area contributed by atoms with Crippen LogP contribution < -0.4 is 11.1 Å². The molecule has 0 spiro atoms. The minimum atomic E-state index is 0.456. The highest BCUT2D eigenvalue weighted by atomic mass is 16.5. The zero-order valence-corrected chi connectivity index (χ0v) is 9.12. The topological polar surface area (TPSA) is 59.6 Å². The van der Waals surface area contributed by atoms with Crippen LogP contribution in [0.25, 0.3) is 0 Å². The van der Waals surface area contributed by atoms with Crippen molar-refractivity contribution < 1.29 is 4.74 Å². The molecule has 3 N–H and O–H groups in total. The summed E-state index contributed by atoms with van der Waals surface area (Å²) < 4.78 is 5.57. The van der Waals surface area contributed by atoms with Crippen molar-refractivity contribution in [3.63, 3.8) is 0 Å². The molecule has 0 bridgehead atoms. The predicted octanol–water partition coefficient (Wildman–Crippen LogP) is 0.868. The molecule has 0 aromatic rings. The molecule has 4 heteroatoms. The van der Waals surface area contributed by atoms with Gasteiger partial charge in [0.15, 0.2) is 5.96 Å². The quantitative estimate of drug-likeness (QED) is 0.523. The number of nitrogens with zero attached hydrogens (tertiary/aromatic N) is 1. The van der Waals surface area contributed by atoms with Gasteiger partial charge in [-0.3, -0.25) is 4.99 Å². The number of aliphatic imine (C=N–C) groups is 1. The summed E-state index contributed by atoms with van der Waals surface area (Å²) in [6, 6.07) is 0.482. The lowest BCUT2D eigenvalue weighted by atomic mass is 9.93. The molecule has 0 amide bonds. The first-order valence-corrected chi connectivity index (χ1v) is 5.36. The number of nitrogens with two attached hydrogens (primary N) is 1. The zero-order valence-electron chi connectivity index (χ0n) is 9.12. The second-order valence-electron chi connectivity index (χ2n) is 3.68. The SMILES string of the molecule is CCOC1CCC(NC(N)=NC)CC1. The Labute approximate surface area is 85.9 Å². The third-order valence-electron chi connectivity index (χ3n) is 2.67. The van der Waals surface area contributed by atoms with E-state index in [1.807, 2.05) is 6.92 Å². The maximum atomic E-state index is 5.60. The molecule has 0 aliphatic heterocycles. The van der Waals surface area contributed by atoms with E-state index in [4.69, 9.17) is 10.5 Å². The van der Waals surface area contributed by atoms with Crippen LogP contribution in [0.4, 0.5) is 0 Å². The average molecular weight is 199 g/mol. The lowest BCUT2D eigenvalue weighted by Crippen LogP contribution is -2.42. The molecule has 1 rings (SSSR count).